The van der Waals surface area contributed by atoms with E-state index in [1.54, 1.807) is 0 Å². The van der Waals surface area contributed by atoms with Gasteiger partial charge in [-0.15, -0.1) is 0 Å². The molecule has 1 atom stereocenters. The van der Waals surface area contributed by atoms with Crippen molar-refractivity contribution in [2.75, 3.05) is 13.2 Å². The van der Waals surface area contributed by atoms with E-state index < -0.39 is 0 Å². The topological polar surface area (TPSA) is 33.3 Å². The molecule has 2 rings (SSSR count). The summed E-state index contributed by atoms with van der Waals surface area (Å²) in [6, 6.07) is 0.603. The zero-order valence-electron chi connectivity index (χ0n) is 10.5. The molecule has 0 bridgehead atoms. The summed E-state index contributed by atoms with van der Waals surface area (Å²) in [5.74, 6) is 0. The van der Waals surface area contributed by atoms with Gasteiger partial charge < -0.3 is 15.4 Å². The third kappa shape index (κ3) is 4.80. The Hall–Kier alpha value is -0.350. The molecule has 3 nitrogen and oxygen atoms in total. The Morgan fingerprint density at radius 2 is 1.94 bits per heavy atom. The summed E-state index contributed by atoms with van der Waals surface area (Å²) in [6.45, 7) is 1.87. The second kappa shape index (κ2) is 7.17. The van der Waals surface area contributed by atoms with E-state index in [1.165, 1.54) is 44.9 Å². The Kier molecular flexibility index (Phi) is 5.52. The van der Waals surface area contributed by atoms with Crippen LogP contribution in [0.1, 0.15) is 51.4 Å². The highest BCUT2D eigenvalue weighted by Gasteiger charge is 2.16. The minimum Gasteiger partial charge on any atom is -0.378 e. The Morgan fingerprint density at radius 3 is 2.65 bits per heavy atom. The lowest BCUT2D eigenvalue weighted by Crippen LogP contribution is -2.43. The van der Waals surface area contributed by atoms with Crippen molar-refractivity contribution in [1.82, 2.24) is 10.6 Å². The van der Waals surface area contributed by atoms with E-state index in [0.717, 1.165) is 24.7 Å². The van der Waals surface area contributed by atoms with Crippen LogP contribution in [0.3, 0.4) is 0 Å². The summed E-state index contributed by atoms with van der Waals surface area (Å²) < 4.78 is 5.58. The van der Waals surface area contributed by atoms with Gasteiger partial charge in [0.2, 0.25) is 0 Å². The molecule has 1 heterocycles. The molecule has 0 aromatic rings. The Balaban J connectivity index is 1.53. The van der Waals surface area contributed by atoms with Crippen molar-refractivity contribution in [3.8, 4) is 0 Å². The first-order chi connectivity index (χ1) is 8.34. The molecule has 1 aliphatic heterocycles. The van der Waals surface area contributed by atoms with Crippen LogP contribution in [0.25, 0.3) is 0 Å². The van der Waals surface area contributed by atoms with E-state index in [1.807, 2.05) is 0 Å². The Labute approximate surface area is 110 Å². The van der Waals surface area contributed by atoms with Gasteiger partial charge in [-0.2, -0.15) is 0 Å². The molecule has 0 aromatic heterocycles. The number of hydrogen-bond donors (Lipinski definition) is 2. The molecule has 98 valence electrons. The highest BCUT2D eigenvalue weighted by Crippen LogP contribution is 2.17. The highest BCUT2D eigenvalue weighted by molar-refractivity contribution is 7.80. The van der Waals surface area contributed by atoms with Gasteiger partial charge in [-0.25, -0.2) is 0 Å². The second-order valence-electron chi connectivity index (χ2n) is 5.16. The van der Waals surface area contributed by atoms with E-state index in [4.69, 9.17) is 17.0 Å². The minimum atomic E-state index is 0.458. The minimum absolute atomic E-state index is 0.458. The standard InChI is InChI=1S/C13H24N2OS/c17-13(15-11-5-2-1-3-6-11)14-9-8-12-7-4-10-16-12/h11-12H,1-10H2,(H2,14,15,17). The maximum atomic E-state index is 5.58. The van der Waals surface area contributed by atoms with Crippen LogP contribution in [0.5, 0.6) is 0 Å². The first-order valence-electron chi connectivity index (χ1n) is 7.00. The van der Waals surface area contributed by atoms with Crippen molar-refractivity contribution < 1.29 is 4.74 Å². The fourth-order valence-corrected chi connectivity index (χ4v) is 2.97. The van der Waals surface area contributed by atoms with Gasteiger partial charge in [0.1, 0.15) is 0 Å². The van der Waals surface area contributed by atoms with E-state index >= 15 is 0 Å². The van der Waals surface area contributed by atoms with Crippen molar-refractivity contribution in [3.63, 3.8) is 0 Å². The van der Waals surface area contributed by atoms with Gasteiger partial charge in [-0.3, -0.25) is 0 Å². The molecular formula is C13H24N2OS. The van der Waals surface area contributed by atoms with Crippen molar-refractivity contribution in [2.24, 2.45) is 0 Å². The maximum Gasteiger partial charge on any atom is 0.166 e. The summed E-state index contributed by atoms with van der Waals surface area (Å²) >= 11 is 5.31. The van der Waals surface area contributed by atoms with Crippen LogP contribution < -0.4 is 10.6 Å². The Morgan fingerprint density at radius 1 is 1.12 bits per heavy atom. The molecule has 2 fully saturated rings. The van der Waals surface area contributed by atoms with Crippen molar-refractivity contribution in [3.05, 3.63) is 0 Å². The summed E-state index contributed by atoms with van der Waals surface area (Å²) in [6.07, 6.45) is 10.6. The number of nitrogens with one attached hydrogen (secondary N) is 2. The van der Waals surface area contributed by atoms with Crippen LogP contribution in [0, 0.1) is 0 Å². The summed E-state index contributed by atoms with van der Waals surface area (Å²) in [5, 5.41) is 7.55. The molecule has 0 aromatic carbocycles. The molecule has 1 unspecified atom stereocenters. The van der Waals surface area contributed by atoms with Gasteiger partial charge in [0.05, 0.1) is 6.10 Å². The molecule has 0 spiro atoms. The lowest BCUT2D eigenvalue weighted by atomic mass is 9.96. The van der Waals surface area contributed by atoms with Crippen LogP contribution >= 0.6 is 12.2 Å². The molecule has 0 radical (unpaired) electrons. The summed E-state index contributed by atoms with van der Waals surface area (Å²) in [4.78, 5) is 0. The largest absolute Gasteiger partial charge is 0.378 e. The molecule has 1 saturated carbocycles. The summed E-state index contributed by atoms with van der Waals surface area (Å²) in [5.41, 5.74) is 0. The van der Waals surface area contributed by atoms with Gasteiger partial charge in [0, 0.05) is 19.2 Å². The zero-order valence-corrected chi connectivity index (χ0v) is 11.4. The highest BCUT2D eigenvalue weighted by atomic mass is 32.1. The normalized spacial score (nSPS) is 25.8. The molecule has 1 aliphatic carbocycles. The SMILES string of the molecule is S=C(NCCC1CCCO1)NC1CCCCC1. The molecule has 2 N–H and O–H groups in total. The predicted molar refractivity (Wildman–Crippen MR) is 74.2 cm³/mol. The average molecular weight is 256 g/mol. The van der Waals surface area contributed by atoms with Crippen molar-refractivity contribution in [1.29, 1.82) is 0 Å². The van der Waals surface area contributed by atoms with Crippen LogP contribution in [0.2, 0.25) is 0 Å². The van der Waals surface area contributed by atoms with Gasteiger partial charge in [0.25, 0.3) is 0 Å². The third-order valence-corrected chi connectivity index (χ3v) is 3.98. The fourth-order valence-electron chi connectivity index (χ4n) is 2.70. The zero-order chi connectivity index (χ0) is 11.9. The second-order valence-corrected chi connectivity index (χ2v) is 5.57. The number of rotatable bonds is 4. The van der Waals surface area contributed by atoms with E-state index in [0.29, 0.717) is 12.1 Å². The summed E-state index contributed by atoms with van der Waals surface area (Å²) in [7, 11) is 0. The van der Waals surface area contributed by atoms with Crippen LogP contribution in [-0.2, 0) is 4.74 Å². The van der Waals surface area contributed by atoms with Crippen LogP contribution in [-0.4, -0.2) is 30.4 Å². The Bertz CT molecular complexity index is 236. The molecule has 17 heavy (non-hydrogen) atoms. The van der Waals surface area contributed by atoms with Crippen LogP contribution in [0.15, 0.2) is 0 Å². The van der Waals surface area contributed by atoms with Crippen LogP contribution in [0.4, 0.5) is 0 Å². The number of thiocarbonyl (C=S) groups is 1. The van der Waals surface area contributed by atoms with E-state index in [2.05, 4.69) is 10.6 Å². The lowest BCUT2D eigenvalue weighted by Gasteiger charge is -2.24. The van der Waals surface area contributed by atoms with Gasteiger partial charge in [0.15, 0.2) is 5.11 Å². The smallest absolute Gasteiger partial charge is 0.166 e. The fraction of sp³-hybridized carbons (Fsp3) is 0.923. The lowest BCUT2D eigenvalue weighted by molar-refractivity contribution is 0.105. The predicted octanol–water partition coefficient (Wildman–Crippen LogP) is 2.35. The van der Waals surface area contributed by atoms with Gasteiger partial charge in [-0.1, -0.05) is 19.3 Å². The maximum absolute atomic E-state index is 5.58. The molecular weight excluding hydrogens is 232 g/mol. The van der Waals surface area contributed by atoms with Gasteiger partial charge >= 0.3 is 0 Å². The first kappa shape index (κ1) is 13.1. The van der Waals surface area contributed by atoms with Crippen molar-refractivity contribution >= 4 is 17.3 Å². The average Bonchev–Trinajstić information content (AvgIpc) is 2.83. The quantitative estimate of drug-likeness (QED) is 0.757. The number of hydrogen-bond acceptors (Lipinski definition) is 2. The molecule has 0 amide bonds. The van der Waals surface area contributed by atoms with E-state index in [-0.39, 0.29) is 0 Å². The number of ether oxygens (including phenoxy) is 1. The van der Waals surface area contributed by atoms with Crippen molar-refractivity contribution in [2.45, 2.75) is 63.5 Å². The first-order valence-corrected chi connectivity index (χ1v) is 7.41. The van der Waals surface area contributed by atoms with E-state index in [9.17, 15) is 0 Å². The van der Waals surface area contributed by atoms with Gasteiger partial charge in [-0.05, 0) is 44.3 Å². The molecule has 2 aliphatic rings. The molecule has 4 heteroatoms. The monoisotopic (exact) mass is 256 g/mol. The molecule has 1 saturated heterocycles. The third-order valence-electron chi connectivity index (χ3n) is 3.72.